The number of aliphatic carboxylic acids is 1. The molecule has 104 valence electrons. The van der Waals surface area contributed by atoms with Gasteiger partial charge in [0.25, 0.3) is 0 Å². The minimum Gasteiger partial charge on any atom is -0.481 e. The largest absolute Gasteiger partial charge is 0.481 e. The van der Waals surface area contributed by atoms with Crippen molar-refractivity contribution in [3.05, 3.63) is 0 Å². The zero-order valence-corrected chi connectivity index (χ0v) is 11.5. The van der Waals surface area contributed by atoms with Gasteiger partial charge in [-0.2, -0.15) is 0 Å². The smallest absolute Gasteiger partial charge is 0.311 e. The maximum absolute atomic E-state index is 11.4. The summed E-state index contributed by atoms with van der Waals surface area (Å²) in [7, 11) is 0. The molecule has 7 heteroatoms. The maximum Gasteiger partial charge on any atom is 0.311 e. The fraction of sp³-hybridized carbons (Fsp3) is 0.727. The van der Waals surface area contributed by atoms with Gasteiger partial charge in [0.1, 0.15) is 0 Å². The third-order valence-electron chi connectivity index (χ3n) is 2.91. The summed E-state index contributed by atoms with van der Waals surface area (Å²) in [6.07, 6.45) is 0.904. The molecule has 6 nitrogen and oxygen atoms in total. The van der Waals surface area contributed by atoms with E-state index < -0.39 is 17.3 Å². The Morgan fingerprint density at radius 1 is 1.22 bits per heavy atom. The molecule has 18 heavy (non-hydrogen) atoms. The minimum atomic E-state index is -0.913. The van der Waals surface area contributed by atoms with E-state index in [1.165, 1.54) is 0 Å². The zero-order chi connectivity index (χ0) is 14.2. The molecule has 0 spiro atoms. The van der Waals surface area contributed by atoms with Gasteiger partial charge in [0.2, 0.25) is 11.8 Å². The maximum atomic E-state index is 11.4. The second kappa shape index (κ2) is 7.97. The van der Waals surface area contributed by atoms with Gasteiger partial charge in [-0.1, -0.05) is 13.8 Å². The molecule has 0 radical (unpaired) electrons. The molecule has 0 fully saturated rings. The molecule has 0 rings (SSSR count). The second-order valence-corrected chi connectivity index (χ2v) is 5.01. The van der Waals surface area contributed by atoms with Crippen LogP contribution < -0.4 is 11.1 Å². The summed E-state index contributed by atoms with van der Waals surface area (Å²) in [5.74, 6) is -1.48. The first kappa shape index (κ1) is 16.8. The lowest BCUT2D eigenvalue weighted by Crippen LogP contribution is -2.43. The number of amides is 2. The molecule has 2 amide bonds. The van der Waals surface area contributed by atoms with Crippen LogP contribution >= 0.6 is 11.8 Å². The lowest BCUT2D eigenvalue weighted by molar-refractivity contribution is -0.149. The van der Waals surface area contributed by atoms with Gasteiger partial charge < -0.3 is 16.2 Å². The quantitative estimate of drug-likeness (QED) is 0.558. The van der Waals surface area contributed by atoms with Crippen molar-refractivity contribution in [3.63, 3.8) is 0 Å². The van der Waals surface area contributed by atoms with Gasteiger partial charge in [-0.3, -0.25) is 14.4 Å². The van der Waals surface area contributed by atoms with Crippen molar-refractivity contribution in [2.24, 2.45) is 11.1 Å². The fourth-order valence-corrected chi connectivity index (χ4v) is 2.03. The highest BCUT2D eigenvalue weighted by atomic mass is 32.2. The van der Waals surface area contributed by atoms with Gasteiger partial charge in [0, 0.05) is 6.54 Å². The highest BCUT2D eigenvalue weighted by molar-refractivity contribution is 8.00. The number of nitrogens with two attached hydrogens (primary N) is 1. The highest BCUT2D eigenvalue weighted by Crippen LogP contribution is 2.25. The van der Waals surface area contributed by atoms with Crippen LogP contribution in [-0.2, 0) is 14.4 Å². The predicted octanol–water partition coefficient (Wildman–Crippen LogP) is 0.212. The molecule has 0 aromatic heterocycles. The van der Waals surface area contributed by atoms with E-state index in [9.17, 15) is 14.4 Å². The molecule has 0 bridgehead atoms. The van der Waals surface area contributed by atoms with Crippen molar-refractivity contribution >= 4 is 29.5 Å². The molecular weight excluding hydrogens is 256 g/mol. The molecule has 0 heterocycles. The Morgan fingerprint density at radius 2 is 1.78 bits per heavy atom. The van der Waals surface area contributed by atoms with Crippen molar-refractivity contribution in [1.82, 2.24) is 5.32 Å². The molecule has 0 saturated carbocycles. The Morgan fingerprint density at radius 3 is 2.17 bits per heavy atom. The number of hydrogen-bond donors (Lipinski definition) is 3. The highest BCUT2D eigenvalue weighted by Gasteiger charge is 2.34. The zero-order valence-electron chi connectivity index (χ0n) is 10.7. The average molecular weight is 276 g/mol. The van der Waals surface area contributed by atoms with E-state index in [4.69, 9.17) is 10.8 Å². The normalized spacial score (nSPS) is 11.0. The van der Waals surface area contributed by atoms with Gasteiger partial charge in [-0.05, 0) is 12.8 Å². The van der Waals surface area contributed by atoms with Crippen molar-refractivity contribution in [2.45, 2.75) is 26.7 Å². The van der Waals surface area contributed by atoms with E-state index in [1.807, 2.05) is 0 Å². The van der Waals surface area contributed by atoms with Crippen molar-refractivity contribution < 1.29 is 19.5 Å². The molecule has 0 aliphatic carbocycles. The van der Waals surface area contributed by atoms with Crippen LogP contribution in [0.25, 0.3) is 0 Å². The Kier molecular flexibility index (Phi) is 7.42. The number of carboxylic acid groups (broad SMARTS) is 1. The third-order valence-corrected chi connectivity index (χ3v) is 3.86. The van der Waals surface area contributed by atoms with E-state index >= 15 is 0 Å². The van der Waals surface area contributed by atoms with E-state index in [2.05, 4.69) is 5.32 Å². The Hall–Kier alpha value is -1.24. The molecule has 0 aromatic rings. The third kappa shape index (κ3) is 5.39. The van der Waals surface area contributed by atoms with Crippen LogP contribution in [0.1, 0.15) is 26.7 Å². The number of carboxylic acids is 1. The average Bonchev–Trinajstić information content (AvgIpc) is 2.30. The summed E-state index contributed by atoms with van der Waals surface area (Å²) in [6, 6.07) is 0. The first-order chi connectivity index (χ1) is 8.38. The Bertz CT molecular complexity index is 316. The number of rotatable bonds is 9. The van der Waals surface area contributed by atoms with Crippen molar-refractivity contribution in [1.29, 1.82) is 0 Å². The lowest BCUT2D eigenvalue weighted by atomic mass is 9.82. The first-order valence-electron chi connectivity index (χ1n) is 5.74. The van der Waals surface area contributed by atoms with Crippen LogP contribution in [0.5, 0.6) is 0 Å². The number of primary amides is 1. The molecule has 0 aromatic carbocycles. The van der Waals surface area contributed by atoms with E-state index in [0.29, 0.717) is 12.8 Å². The minimum absolute atomic E-state index is 0.0824. The molecule has 4 N–H and O–H groups in total. The molecular formula is C11H20N2O4S. The molecule has 0 atom stereocenters. The fourth-order valence-electron chi connectivity index (χ4n) is 1.44. The van der Waals surface area contributed by atoms with Gasteiger partial charge in [-0.15, -0.1) is 11.8 Å². The second-order valence-electron chi connectivity index (χ2n) is 4.03. The number of carbonyl (C=O) groups excluding carboxylic acids is 2. The van der Waals surface area contributed by atoms with Crippen LogP contribution in [0.2, 0.25) is 0 Å². The van der Waals surface area contributed by atoms with Crippen LogP contribution in [-0.4, -0.2) is 40.9 Å². The summed E-state index contributed by atoms with van der Waals surface area (Å²) in [6.45, 7) is 3.67. The monoisotopic (exact) mass is 276 g/mol. The first-order valence-corrected chi connectivity index (χ1v) is 6.89. The predicted molar refractivity (Wildman–Crippen MR) is 70.2 cm³/mol. The standard InChI is InChI=1S/C11H20N2O4S/c1-3-11(4-2,10(16)17)7-13-9(15)6-18-5-8(12)14/h3-7H2,1-2H3,(H2,12,14)(H,13,15)(H,16,17). The van der Waals surface area contributed by atoms with Crippen LogP contribution in [0.4, 0.5) is 0 Å². The Balaban J connectivity index is 4.16. The SMILES string of the molecule is CCC(CC)(CNC(=O)CSCC(N)=O)C(=O)O. The van der Waals surface area contributed by atoms with E-state index in [-0.39, 0.29) is 24.0 Å². The summed E-state index contributed by atoms with van der Waals surface area (Å²) in [5, 5.41) is 11.8. The summed E-state index contributed by atoms with van der Waals surface area (Å²) in [5.41, 5.74) is 4.02. The van der Waals surface area contributed by atoms with Crippen LogP contribution in [0.3, 0.4) is 0 Å². The summed E-state index contributed by atoms with van der Waals surface area (Å²) >= 11 is 1.11. The topological polar surface area (TPSA) is 109 Å². The van der Waals surface area contributed by atoms with Gasteiger partial charge in [-0.25, -0.2) is 0 Å². The number of thioether (sulfide) groups is 1. The molecule has 0 unspecified atom stereocenters. The van der Waals surface area contributed by atoms with Crippen LogP contribution in [0.15, 0.2) is 0 Å². The lowest BCUT2D eigenvalue weighted by Gasteiger charge is -2.26. The summed E-state index contributed by atoms with van der Waals surface area (Å²) in [4.78, 5) is 33.1. The van der Waals surface area contributed by atoms with Gasteiger partial charge in [0.15, 0.2) is 0 Å². The molecule has 0 aliphatic rings. The van der Waals surface area contributed by atoms with E-state index in [0.717, 1.165) is 11.8 Å². The van der Waals surface area contributed by atoms with Crippen molar-refractivity contribution in [2.75, 3.05) is 18.1 Å². The number of nitrogens with one attached hydrogen (secondary N) is 1. The molecule has 0 saturated heterocycles. The number of hydrogen-bond acceptors (Lipinski definition) is 4. The molecule has 0 aliphatic heterocycles. The van der Waals surface area contributed by atoms with E-state index in [1.54, 1.807) is 13.8 Å². The van der Waals surface area contributed by atoms with Crippen molar-refractivity contribution in [3.8, 4) is 0 Å². The van der Waals surface area contributed by atoms with Crippen LogP contribution in [0, 0.1) is 5.41 Å². The van der Waals surface area contributed by atoms with Gasteiger partial charge >= 0.3 is 5.97 Å². The van der Waals surface area contributed by atoms with Gasteiger partial charge in [0.05, 0.1) is 16.9 Å². The Labute approximate surface area is 111 Å². The number of carbonyl (C=O) groups is 3. The summed E-state index contributed by atoms with van der Waals surface area (Å²) < 4.78 is 0.